The van der Waals surface area contributed by atoms with Gasteiger partial charge in [0.15, 0.2) is 0 Å². The first-order valence-electron chi connectivity index (χ1n) is 5.90. The minimum absolute atomic E-state index is 0.0929. The lowest BCUT2D eigenvalue weighted by Crippen LogP contribution is -2.29. The standard InChI is InChI=1S/C12H27NO/c1-5-11(6-2)13-9-7-8-12(3,4)10-14/h11,13-14H,5-10H2,1-4H3. The summed E-state index contributed by atoms with van der Waals surface area (Å²) in [5.74, 6) is 0. The number of nitrogens with one attached hydrogen (secondary N) is 1. The molecular formula is C12H27NO. The van der Waals surface area contributed by atoms with Crippen LogP contribution in [0, 0.1) is 5.41 Å². The molecule has 0 atom stereocenters. The topological polar surface area (TPSA) is 32.3 Å². The van der Waals surface area contributed by atoms with Gasteiger partial charge in [-0.3, -0.25) is 0 Å². The van der Waals surface area contributed by atoms with Crippen molar-refractivity contribution in [3.8, 4) is 0 Å². The van der Waals surface area contributed by atoms with Crippen LogP contribution in [0.15, 0.2) is 0 Å². The first-order valence-corrected chi connectivity index (χ1v) is 5.90. The molecule has 2 nitrogen and oxygen atoms in total. The van der Waals surface area contributed by atoms with E-state index in [9.17, 15) is 0 Å². The van der Waals surface area contributed by atoms with Crippen molar-refractivity contribution in [2.24, 2.45) is 5.41 Å². The van der Waals surface area contributed by atoms with E-state index in [1.807, 2.05) is 0 Å². The molecule has 0 aromatic rings. The van der Waals surface area contributed by atoms with Crippen molar-refractivity contribution in [1.82, 2.24) is 5.32 Å². The van der Waals surface area contributed by atoms with Crippen LogP contribution in [0.2, 0.25) is 0 Å². The van der Waals surface area contributed by atoms with Gasteiger partial charge in [-0.1, -0.05) is 27.7 Å². The van der Waals surface area contributed by atoms with Gasteiger partial charge in [-0.05, 0) is 37.6 Å². The van der Waals surface area contributed by atoms with Gasteiger partial charge in [0, 0.05) is 12.6 Å². The van der Waals surface area contributed by atoms with Crippen LogP contribution < -0.4 is 5.32 Å². The van der Waals surface area contributed by atoms with Crippen LogP contribution in [-0.4, -0.2) is 24.3 Å². The first-order chi connectivity index (χ1) is 6.55. The van der Waals surface area contributed by atoms with Crippen LogP contribution in [0.5, 0.6) is 0 Å². The monoisotopic (exact) mass is 201 g/mol. The fraction of sp³-hybridized carbons (Fsp3) is 1.00. The quantitative estimate of drug-likeness (QED) is 0.592. The Morgan fingerprint density at radius 3 is 2.21 bits per heavy atom. The van der Waals surface area contributed by atoms with Crippen LogP contribution in [0.3, 0.4) is 0 Å². The van der Waals surface area contributed by atoms with Crippen molar-refractivity contribution in [3.63, 3.8) is 0 Å². The van der Waals surface area contributed by atoms with Crippen molar-refractivity contribution in [2.45, 2.75) is 59.4 Å². The van der Waals surface area contributed by atoms with Crippen LogP contribution in [0.25, 0.3) is 0 Å². The number of rotatable bonds is 8. The zero-order valence-electron chi connectivity index (χ0n) is 10.3. The van der Waals surface area contributed by atoms with Crippen LogP contribution >= 0.6 is 0 Å². The summed E-state index contributed by atoms with van der Waals surface area (Å²) in [6, 6.07) is 0.673. The molecule has 0 heterocycles. The lowest BCUT2D eigenvalue weighted by molar-refractivity contribution is 0.147. The lowest BCUT2D eigenvalue weighted by Gasteiger charge is -2.22. The normalized spacial score (nSPS) is 12.4. The molecule has 0 aromatic heterocycles. The van der Waals surface area contributed by atoms with Crippen molar-refractivity contribution in [3.05, 3.63) is 0 Å². The average molecular weight is 201 g/mol. The molecule has 0 rings (SSSR count). The van der Waals surface area contributed by atoms with Gasteiger partial charge in [-0.25, -0.2) is 0 Å². The molecule has 86 valence electrons. The molecule has 0 aliphatic carbocycles. The summed E-state index contributed by atoms with van der Waals surface area (Å²) >= 11 is 0. The second kappa shape index (κ2) is 7.24. The van der Waals surface area contributed by atoms with E-state index >= 15 is 0 Å². The van der Waals surface area contributed by atoms with E-state index in [0.717, 1.165) is 19.4 Å². The van der Waals surface area contributed by atoms with Crippen LogP contribution in [-0.2, 0) is 0 Å². The second-order valence-corrected chi connectivity index (χ2v) is 4.89. The third-order valence-electron chi connectivity index (χ3n) is 2.88. The van der Waals surface area contributed by atoms with Gasteiger partial charge in [-0.2, -0.15) is 0 Å². The van der Waals surface area contributed by atoms with Crippen LogP contribution in [0.4, 0.5) is 0 Å². The summed E-state index contributed by atoms with van der Waals surface area (Å²) in [6.45, 7) is 10.0. The highest BCUT2D eigenvalue weighted by Gasteiger charge is 2.15. The van der Waals surface area contributed by atoms with Crippen LogP contribution in [0.1, 0.15) is 53.4 Å². The SMILES string of the molecule is CCC(CC)NCCCC(C)(C)CO. The molecule has 0 fully saturated rings. The largest absolute Gasteiger partial charge is 0.396 e. The Morgan fingerprint density at radius 2 is 1.79 bits per heavy atom. The average Bonchev–Trinajstić information content (AvgIpc) is 2.18. The highest BCUT2D eigenvalue weighted by atomic mass is 16.3. The van der Waals surface area contributed by atoms with Crippen molar-refractivity contribution >= 4 is 0 Å². The second-order valence-electron chi connectivity index (χ2n) is 4.89. The number of aliphatic hydroxyl groups excluding tert-OH is 1. The molecule has 2 heteroatoms. The lowest BCUT2D eigenvalue weighted by atomic mass is 9.89. The molecule has 0 aliphatic rings. The Labute approximate surface area is 89.1 Å². The van der Waals surface area contributed by atoms with E-state index in [-0.39, 0.29) is 12.0 Å². The molecule has 2 N–H and O–H groups in total. The number of aliphatic hydroxyl groups is 1. The van der Waals surface area contributed by atoms with Crippen molar-refractivity contribution in [2.75, 3.05) is 13.2 Å². The molecule has 14 heavy (non-hydrogen) atoms. The van der Waals surface area contributed by atoms with E-state index in [1.54, 1.807) is 0 Å². The highest BCUT2D eigenvalue weighted by molar-refractivity contribution is 4.68. The minimum atomic E-state index is 0.0929. The summed E-state index contributed by atoms with van der Waals surface area (Å²) in [5.41, 5.74) is 0.0929. The number of hydrogen-bond acceptors (Lipinski definition) is 2. The maximum absolute atomic E-state index is 9.07. The fourth-order valence-corrected chi connectivity index (χ4v) is 1.53. The van der Waals surface area contributed by atoms with E-state index in [2.05, 4.69) is 33.0 Å². The third-order valence-corrected chi connectivity index (χ3v) is 2.88. The van der Waals surface area contributed by atoms with E-state index in [1.165, 1.54) is 12.8 Å². The molecule has 0 aliphatic heterocycles. The van der Waals surface area contributed by atoms with Gasteiger partial charge in [0.2, 0.25) is 0 Å². The highest BCUT2D eigenvalue weighted by Crippen LogP contribution is 2.20. The summed E-state index contributed by atoms with van der Waals surface area (Å²) in [4.78, 5) is 0. The minimum Gasteiger partial charge on any atom is -0.396 e. The molecule has 0 spiro atoms. The van der Waals surface area contributed by atoms with E-state index in [0.29, 0.717) is 6.04 Å². The van der Waals surface area contributed by atoms with Gasteiger partial charge in [0.1, 0.15) is 0 Å². The predicted molar refractivity (Wildman–Crippen MR) is 62.5 cm³/mol. The van der Waals surface area contributed by atoms with Gasteiger partial charge in [-0.15, -0.1) is 0 Å². The molecule has 0 bridgehead atoms. The Bertz CT molecular complexity index is 130. The predicted octanol–water partition coefficient (Wildman–Crippen LogP) is 2.56. The molecular weight excluding hydrogens is 174 g/mol. The fourth-order valence-electron chi connectivity index (χ4n) is 1.53. The van der Waals surface area contributed by atoms with Gasteiger partial charge in [0.25, 0.3) is 0 Å². The Hall–Kier alpha value is -0.0800. The molecule has 0 radical (unpaired) electrons. The summed E-state index contributed by atoms with van der Waals surface area (Å²) in [7, 11) is 0. The molecule has 0 aromatic carbocycles. The summed E-state index contributed by atoms with van der Waals surface area (Å²) < 4.78 is 0. The zero-order chi connectivity index (χ0) is 11.0. The Balaban J connectivity index is 3.45. The Morgan fingerprint density at radius 1 is 1.21 bits per heavy atom. The maximum Gasteiger partial charge on any atom is 0.0482 e. The Kier molecular flexibility index (Phi) is 7.20. The van der Waals surface area contributed by atoms with Crippen molar-refractivity contribution in [1.29, 1.82) is 0 Å². The van der Waals surface area contributed by atoms with Gasteiger partial charge >= 0.3 is 0 Å². The first kappa shape index (κ1) is 13.9. The molecule has 0 saturated heterocycles. The molecule has 0 amide bonds. The third kappa shape index (κ3) is 6.39. The molecule has 0 saturated carbocycles. The summed E-state index contributed by atoms with van der Waals surface area (Å²) in [5, 5.41) is 12.6. The van der Waals surface area contributed by atoms with Crippen molar-refractivity contribution < 1.29 is 5.11 Å². The van der Waals surface area contributed by atoms with E-state index < -0.39 is 0 Å². The number of hydrogen-bond donors (Lipinski definition) is 2. The van der Waals surface area contributed by atoms with Gasteiger partial charge in [0.05, 0.1) is 0 Å². The van der Waals surface area contributed by atoms with Gasteiger partial charge < -0.3 is 10.4 Å². The smallest absolute Gasteiger partial charge is 0.0482 e. The summed E-state index contributed by atoms with van der Waals surface area (Å²) in [6.07, 6.45) is 4.67. The zero-order valence-corrected chi connectivity index (χ0v) is 10.3. The maximum atomic E-state index is 9.07. The molecule has 0 unspecified atom stereocenters. The van der Waals surface area contributed by atoms with E-state index in [4.69, 9.17) is 5.11 Å².